The minimum atomic E-state index is 0.0723. The summed E-state index contributed by atoms with van der Waals surface area (Å²) in [5, 5.41) is 0. The second-order valence-electron chi connectivity index (χ2n) is 6.49. The number of aryl methyl sites for hydroxylation is 1. The van der Waals surface area contributed by atoms with Crippen LogP contribution in [0.4, 0.5) is 4.39 Å². The first-order chi connectivity index (χ1) is 11.3. The standard InChI is InChI=1S/C21H24FI/c22-21-18(12-7-15-23)13-14-19(16-8-3-1-4-9-16)20(21)17-10-5-2-6-11-17/h1,3-4,8-9,13-14,17H,2,5-7,10-12,15H2. The van der Waals surface area contributed by atoms with Gasteiger partial charge in [0.05, 0.1) is 0 Å². The zero-order valence-corrected chi connectivity index (χ0v) is 15.7. The molecule has 0 nitrogen and oxygen atoms in total. The fourth-order valence-corrected chi connectivity index (χ4v) is 4.13. The Bertz CT molecular complexity index is 630. The van der Waals surface area contributed by atoms with Crippen molar-refractivity contribution in [1.29, 1.82) is 0 Å². The van der Waals surface area contributed by atoms with Gasteiger partial charge in [0.2, 0.25) is 0 Å². The summed E-state index contributed by atoms with van der Waals surface area (Å²) >= 11 is 2.37. The number of rotatable bonds is 5. The molecular formula is C21H24FI. The van der Waals surface area contributed by atoms with Gasteiger partial charge in [-0.15, -0.1) is 0 Å². The highest BCUT2D eigenvalue weighted by Gasteiger charge is 2.24. The van der Waals surface area contributed by atoms with Crippen LogP contribution >= 0.6 is 22.6 Å². The van der Waals surface area contributed by atoms with Gasteiger partial charge in [0.1, 0.15) is 5.82 Å². The van der Waals surface area contributed by atoms with Gasteiger partial charge in [-0.2, -0.15) is 0 Å². The van der Waals surface area contributed by atoms with Crippen molar-refractivity contribution < 1.29 is 4.39 Å². The Morgan fingerprint density at radius 2 is 1.70 bits per heavy atom. The van der Waals surface area contributed by atoms with Crippen molar-refractivity contribution in [3.8, 4) is 11.1 Å². The Labute approximate surface area is 152 Å². The molecule has 3 rings (SSSR count). The van der Waals surface area contributed by atoms with Gasteiger partial charge in [-0.05, 0) is 58.3 Å². The van der Waals surface area contributed by atoms with Gasteiger partial charge in [0.25, 0.3) is 0 Å². The first-order valence-electron chi connectivity index (χ1n) is 8.74. The van der Waals surface area contributed by atoms with Crippen LogP contribution in [0.1, 0.15) is 55.6 Å². The van der Waals surface area contributed by atoms with Crippen LogP contribution < -0.4 is 0 Å². The summed E-state index contributed by atoms with van der Waals surface area (Å²) in [7, 11) is 0. The minimum Gasteiger partial charge on any atom is -0.206 e. The summed E-state index contributed by atoms with van der Waals surface area (Å²) in [4.78, 5) is 0. The SMILES string of the molecule is Fc1c(CCCI)ccc(-c2ccccc2)c1C1CCCCC1. The van der Waals surface area contributed by atoms with Crippen LogP contribution in [0, 0.1) is 5.82 Å². The maximum atomic E-state index is 15.3. The maximum absolute atomic E-state index is 15.3. The molecule has 23 heavy (non-hydrogen) atoms. The molecule has 122 valence electrons. The van der Waals surface area contributed by atoms with Crippen molar-refractivity contribution in [2.45, 2.75) is 50.9 Å². The minimum absolute atomic E-state index is 0.0723. The van der Waals surface area contributed by atoms with E-state index in [0.717, 1.165) is 52.4 Å². The Kier molecular flexibility index (Phi) is 6.09. The first kappa shape index (κ1) is 16.9. The van der Waals surface area contributed by atoms with Crippen molar-refractivity contribution in [2.24, 2.45) is 0 Å². The van der Waals surface area contributed by atoms with E-state index in [0.29, 0.717) is 5.92 Å². The lowest BCUT2D eigenvalue weighted by atomic mass is 9.79. The van der Waals surface area contributed by atoms with Gasteiger partial charge in [0, 0.05) is 0 Å². The van der Waals surface area contributed by atoms with Gasteiger partial charge in [-0.1, -0.05) is 84.3 Å². The molecule has 2 heteroatoms. The molecule has 0 radical (unpaired) electrons. The fourth-order valence-electron chi connectivity index (χ4n) is 3.75. The molecule has 0 bridgehead atoms. The van der Waals surface area contributed by atoms with Crippen LogP contribution in [-0.2, 0) is 6.42 Å². The van der Waals surface area contributed by atoms with Crippen LogP contribution in [0.25, 0.3) is 11.1 Å². The van der Waals surface area contributed by atoms with Crippen molar-refractivity contribution in [3.63, 3.8) is 0 Å². The summed E-state index contributed by atoms with van der Waals surface area (Å²) in [6.07, 6.45) is 7.93. The first-order valence-corrected chi connectivity index (χ1v) is 10.3. The molecular weight excluding hydrogens is 398 g/mol. The predicted octanol–water partition coefficient (Wildman–Crippen LogP) is 6.91. The molecule has 0 amide bonds. The van der Waals surface area contributed by atoms with Crippen LogP contribution in [0.2, 0.25) is 0 Å². The van der Waals surface area contributed by atoms with Crippen molar-refractivity contribution >= 4 is 22.6 Å². The van der Waals surface area contributed by atoms with Crippen molar-refractivity contribution in [3.05, 3.63) is 59.4 Å². The normalized spacial score (nSPS) is 15.7. The summed E-state index contributed by atoms with van der Waals surface area (Å²) in [5.41, 5.74) is 4.14. The third-order valence-electron chi connectivity index (χ3n) is 4.94. The van der Waals surface area contributed by atoms with Gasteiger partial charge in [-0.3, -0.25) is 0 Å². The fraction of sp³-hybridized carbons (Fsp3) is 0.429. The topological polar surface area (TPSA) is 0 Å². The molecule has 0 aliphatic heterocycles. The highest BCUT2D eigenvalue weighted by atomic mass is 127. The Hall–Kier alpha value is -0.900. The third-order valence-corrected chi connectivity index (χ3v) is 5.70. The second kappa shape index (κ2) is 8.27. The quantitative estimate of drug-likeness (QED) is 0.363. The summed E-state index contributed by atoms with van der Waals surface area (Å²) in [5.74, 6) is 0.460. The third kappa shape index (κ3) is 3.96. The molecule has 1 aliphatic carbocycles. The van der Waals surface area contributed by atoms with Crippen molar-refractivity contribution in [1.82, 2.24) is 0 Å². The van der Waals surface area contributed by atoms with Crippen LogP contribution in [-0.4, -0.2) is 4.43 Å². The van der Waals surface area contributed by atoms with Gasteiger partial charge in [0.15, 0.2) is 0 Å². The molecule has 0 heterocycles. The molecule has 0 spiro atoms. The molecule has 0 aromatic heterocycles. The van der Waals surface area contributed by atoms with E-state index in [1.165, 1.54) is 19.3 Å². The van der Waals surface area contributed by atoms with E-state index in [-0.39, 0.29) is 5.82 Å². The molecule has 0 saturated heterocycles. The van der Waals surface area contributed by atoms with Crippen LogP contribution in [0.3, 0.4) is 0 Å². The lowest BCUT2D eigenvalue weighted by Crippen LogP contribution is -2.10. The van der Waals surface area contributed by atoms with Gasteiger partial charge in [-0.25, -0.2) is 4.39 Å². The molecule has 2 aromatic carbocycles. The monoisotopic (exact) mass is 422 g/mol. The van der Waals surface area contributed by atoms with Crippen LogP contribution in [0.15, 0.2) is 42.5 Å². The van der Waals surface area contributed by atoms with E-state index < -0.39 is 0 Å². The Morgan fingerprint density at radius 3 is 2.39 bits per heavy atom. The van der Waals surface area contributed by atoms with E-state index >= 15 is 4.39 Å². The largest absolute Gasteiger partial charge is 0.206 e. The smallest absolute Gasteiger partial charge is 0.130 e. The number of benzene rings is 2. The Morgan fingerprint density at radius 1 is 0.957 bits per heavy atom. The second-order valence-corrected chi connectivity index (χ2v) is 7.57. The Balaban J connectivity index is 2.05. The molecule has 1 fully saturated rings. The average molecular weight is 422 g/mol. The maximum Gasteiger partial charge on any atom is 0.130 e. The molecule has 2 aromatic rings. The van der Waals surface area contributed by atoms with E-state index in [4.69, 9.17) is 0 Å². The summed E-state index contributed by atoms with van der Waals surface area (Å²) in [6.45, 7) is 0. The number of hydrogen-bond donors (Lipinski definition) is 0. The number of halogens is 2. The zero-order chi connectivity index (χ0) is 16.1. The lowest BCUT2D eigenvalue weighted by Gasteiger charge is -2.26. The molecule has 1 saturated carbocycles. The molecule has 0 N–H and O–H groups in total. The van der Waals surface area contributed by atoms with E-state index in [1.807, 2.05) is 24.3 Å². The number of hydrogen-bond acceptors (Lipinski definition) is 0. The highest BCUT2D eigenvalue weighted by molar-refractivity contribution is 14.1. The van der Waals surface area contributed by atoms with E-state index in [2.05, 4.69) is 40.8 Å². The van der Waals surface area contributed by atoms with Crippen molar-refractivity contribution in [2.75, 3.05) is 4.43 Å². The summed E-state index contributed by atoms with van der Waals surface area (Å²) in [6, 6.07) is 14.5. The van der Waals surface area contributed by atoms with Gasteiger partial charge >= 0.3 is 0 Å². The molecule has 0 atom stereocenters. The van der Waals surface area contributed by atoms with E-state index in [1.54, 1.807) is 0 Å². The van der Waals surface area contributed by atoms with E-state index in [9.17, 15) is 0 Å². The molecule has 0 unspecified atom stereocenters. The van der Waals surface area contributed by atoms with Crippen LogP contribution in [0.5, 0.6) is 0 Å². The predicted molar refractivity (Wildman–Crippen MR) is 105 cm³/mol. The number of alkyl halides is 1. The summed E-state index contributed by atoms with van der Waals surface area (Å²) < 4.78 is 16.4. The molecule has 1 aliphatic rings. The van der Waals surface area contributed by atoms with Gasteiger partial charge < -0.3 is 0 Å². The average Bonchev–Trinajstić information content (AvgIpc) is 2.62. The highest BCUT2D eigenvalue weighted by Crippen LogP contribution is 2.40. The zero-order valence-electron chi connectivity index (χ0n) is 13.5. The lowest BCUT2D eigenvalue weighted by molar-refractivity contribution is 0.429.